The molecule has 8 heteroatoms. The SMILES string of the molecule is CC(C)Cn1c(=O)n(C)c(=O)c2c([S+]([O-])CCO)n(Cc3cccc4ccccc34)cc21. The summed E-state index contributed by atoms with van der Waals surface area (Å²) in [4.78, 5) is 26.0. The second-order valence-electron chi connectivity index (χ2n) is 8.39. The van der Waals surface area contributed by atoms with Crippen molar-refractivity contribution in [2.75, 3.05) is 12.4 Å². The maximum absolute atomic E-state index is 13.2. The minimum Gasteiger partial charge on any atom is -0.610 e. The number of hydrogen-bond acceptors (Lipinski definition) is 4. The third-order valence-corrected chi connectivity index (χ3v) is 7.02. The highest BCUT2D eigenvalue weighted by Crippen LogP contribution is 2.27. The molecule has 2 heterocycles. The van der Waals surface area contributed by atoms with Crippen molar-refractivity contribution in [1.82, 2.24) is 13.7 Å². The zero-order valence-electron chi connectivity index (χ0n) is 18.4. The first-order valence-electron chi connectivity index (χ1n) is 10.6. The van der Waals surface area contributed by atoms with Crippen LogP contribution in [-0.2, 0) is 31.3 Å². The molecule has 0 bridgehead atoms. The van der Waals surface area contributed by atoms with Crippen molar-refractivity contribution in [3.8, 4) is 0 Å². The zero-order valence-corrected chi connectivity index (χ0v) is 19.3. The van der Waals surface area contributed by atoms with E-state index in [0.717, 1.165) is 20.9 Å². The van der Waals surface area contributed by atoms with E-state index < -0.39 is 22.4 Å². The molecule has 32 heavy (non-hydrogen) atoms. The summed E-state index contributed by atoms with van der Waals surface area (Å²) < 4.78 is 17.6. The highest BCUT2D eigenvalue weighted by atomic mass is 32.2. The minimum absolute atomic E-state index is 0.0150. The quantitative estimate of drug-likeness (QED) is 0.435. The van der Waals surface area contributed by atoms with Crippen LogP contribution in [0.3, 0.4) is 0 Å². The molecule has 0 aliphatic rings. The molecule has 0 amide bonds. The first-order valence-corrected chi connectivity index (χ1v) is 11.9. The molecule has 2 aromatic heterocycles. The Balaban J connectivity index is 2.01. The third-order valence-electron chi connectivity index (χ3n) is 5.60. The lowest BCUT2D eigenvalue weighted by atomic mass is 10.0. The highest BCUT2D eigenvalue weighted by Gasteiger charge is 2.27. The molecular weight excluding hydrogens is 426 g/mol. The largest absolute Gasteiger partial charge is 0.610 e. The molecule has 0 radical (unpaired) electrons. The molecule has 4 rings (SSSR count). The molecule has 7 nitrogen and oxygen atoms in total. The average Bonchev–Trinajstić information content (AvgIpc) is 3.14. The lowest BCUT2D eigenvalue weighted by molar-refractivity contribution is 0.319. The Hall–Kier alpha value is -2.81. The van der Waals surface area contributed by atoms with E-state index in [9.17, 15) is 19.2 Å². The first kappa shape index (κ1) is 22.4. The van der Waals surface area contributed by atoms with Gasteiger partial charge in [0.1, 0.15) is 11.1 Å². The number of benzene rings is 2. The Kier molecular flexibility index (Phi) is 6.28. The van der Waals surface area contributed by atoms with Gasteiger partial charge >= 0.3 is 5.69 Å². The van der Waals surface area contributed by atoms with E-state index in [4.69, 9.17) is 0 Å². The molecule has 0 aliphatic carbocycles. The number of fused-ring (bicyclic) bond motifs is 2. The summed E-state index contributed by atoms with van der Waals surface area (Å²) in [6, 6.07) is 14.0. The van der Waals surface area contributed by atoms with Crippen molar-refractivity contribution in [2.24, 2.45) is 13.0 Å². The van der Waals surface area contributed by atoms with Crippen LogP contribution in [0.2, 0.25) is 0 Å². The van der Waals surface area contributed by atoms with Crippen molar-refractivity contribution in [1.29, 1.82) is 0 Å². The molecular formula is C24H27N3O4S. The van der Waals surface area contributed by atoms with Gasteiger partial charge in [-0.1, -0.05) is 56.3 Å². The Morgan fingerprint density at radius 3 is 2.53 bits per heavy atom. The van der Waals surface area contributed by atoms with E-state index in [1.165, 1.54) is 7.05 Å². The van der Waals surface area contributed by atoms with Crippen LogP contribution in [0.1, 0.15) is 19.4 Å². The molecule has 1 atom stereocenters. The topological polar surface area (TPSA) is 92.2 Å². The standard InChI is InChI=1S/C24H27N3O4S/c1-16(2)13-27-20-15-26(14-18-9-6-8-17-7-4-5-10-19(17)18)23(32(31)12-11-28)21(20)22(29)25(3)24(27)30/h4-10,15-16,28H,11-14H2,1-3H3. The first-order chi connectivity index (χ1) is 15.3. The molecule has 0 aliphatic heterocycles. The fraction of sp³-hybridized carbons (Fsp3) is 0.333. The van der Waals surface area contributed by atoms with E-state index in [2.05, 4.69) is 0 Å². The van der Waals surface area contributed by atoms with Crippen molar-refractivity contribution in [3.63, 3.8) is 0 Å². The molecule has 0 saturated heterocycles. The van der Waals surface area contributed by atoms with E-state index in [1.807, 2.05) is 56.3 Å². The van der Waals surface area contributed by atoms with Crippen LogP contribution in [0.25, 0.3) is 21.7 Å². The Morgan fingerprint density at radius 1 is 1.09 bits per heavy atom. The van der Waals surface area contributed by atoms with Gasteiger partial charge in [-0.05, 0) is 22.3 Å². The van der Waals surface area contributed by atoms with Crippen molar-refractivity contribution in [3.05, 3.63) is 75.1 Å². The molecule has 0 saturated carbocycles. The van der Waals surface area contributed by atoms with E-state index >= 15 is 0 Å². The van der Waals surface area contributed by atoms with Crippen molar-refractivity contribution in [2.45, 2.75) is 32.0 Å². The van der Waals surface area contributed by atoms with Gasteiger partial charge < -0.3 is 14.2 Å². The molecule has 0 spiro atoms. The van der Waals surface area contributed by atoms with Gasteiger partial charge in [-0.15, -0.1) is 0 Å². The monoisotopic (exact) mass is 453 g/mol. The van der Waals surface area contributed by atoms with Crippen LogP contribution >= 0.6 is 0 Å². The van der Waals surface area contributed by atoms with Crippen LogP contribution in [0.4, 0.5) is 0 Å². The number of nitrogens with zero attached hydrogens (tertiary/aromatic N) is 3. The van der Waals surface area contributed by atoms with Crippen LogP contribution in [0, 0.1) is 5.92 Å². The fourth-order valence-corrected chi connectivity index (χ4v) is 5.32. The van der Waals surface area contributed by atoms with Gasteiger partial charge in [0.15, 0.2) is 0 Å². The number of rotatable bonds is 7. The second kappa shape index (κ2) is 8.97. The molecule has 0 fully saturated rings. The van der Waals surface area contributed by atoms with Crippen LogP contribution in [-0.4, -0.2) is 35.7 Å². The lowest BCUT2D eigenvalue weighted by Gasteiger charge is -2.14. The molecule has 2 aromatic carbocycles. The predicted octanol–water partition coefficient (Wildman–Crippen LogP) is 2.46. The van der Waals surface area contributed by atoms with Crippen LogP contribution in [0.5, 0.6) is 0 Å². The number of aliphatic hydroxyl groups excluding tert-OH is 1. The Bertz CT molecular complexity index is 1400. The molecule has 4 aromatic rings. The summed E-state index contributed by atoms with van der Waals surface area (Å²) in [6.07, 6.45) is 1.76. The van der Waals surface area contributed by atoms with Gasteiger partial charge in [0, 0.05) is 31.0 Å². The van der Waals surface area contributed by atoms with Gasteiger partial charge in [0.2, 0.25) is 5.03 Å². The Labute approximate surface area is 188 Å². The predicted molar refractivity (Wildman–Crippen MR) is 128 cm³/mol. The number of aliphatic hydroxyl groups is 1. The lowest BCUT2D eigenvalue weighted by Crippen LogP contribution is -2.39. The maximum Gasteiger partial charge on any atom is 0.331 e. The second-order valence-corrected chi connectivity index (χ2v) is 9.87. The van der Waals surface area contributed by atoms with Gasteiger partial charge in [-0.2, -0.15) is 0 Å². The molecule has 1 unspecified atom stereocenters. The molecule has 168 valence electrons. The normalized spacial score (nSPS) is 12.8. The average molecular weight is 454 g/mol. The summed E-state index contributed by atoms with van der Waals surface area (Å²) in [5, 5.41) is 12.2. The summed E-state index contributed by atoms with van der Waals surface area (Å²) in [7, 11) is 1.45. The summed E-state index contributed by atoms with van der Waals surface area (Å²) >= 11 is -1.61. The summed E-state index contributed by atoms with van der Waals surface area (Å²) in [5.74, 6) is 0.197. The van der Waals surface area contributed by atoms with Crippen LogP contribution in [0.15, 0.2) is 63.3 Å². The van der Waals surface area contributed by atoms with E-state index in [-0.39, 0.29) is 23.7 Å². The van der Waals surface area contributed by atoms with Gasteiger partial charge in [0.25, 0.3) is 5.56 Å². The fourth-order valence-electron chi connectivity index (χ4n) is 4.17. The van der Waals surface area contributed by atoms with Gasteiger partial charge in [-0.3, -0.25) is 13.9 Å². The van der Waals surface area contributed by atoms with Crippen LogP contribution < -0.4 is 11.2 Å². The van der Waals surface area contributed by atoms with Gasteiger partial charge in [-0.25, -0.2) is 4.79 Å². The molecule has 1 N–H and O–H groups in total. The zero-order chi connectivity index (χ0) is 23.0. The van der Waals surface area contributed by atoms with Crippen molar-refractivity contribution < 1.29 is 9.66 Å². The number of hydrogen-bond donors (Lipinski definition) is 1. The van der Waals surface area contributed by atoms with E-state index in [1.54, 1.807) is 15.3 Å². The minimum atomic E-state index is -1.61. The summed E-state index contributed by atoms with van der Waals surface area (Å²) in [6.45, 7) is 4.57. The van der Waals surface area contributed by atoms with Crippen molar-refractivity contribution >= 4 is 32.9 Å². The summed E-state index contributed by atoms with van der Waals surface area (Å²) in [5.41, 5.74) is 0.634. The highest BCUT2D eigenvalue weighted by molar-refractivity contribution is 7.91. The third kappa shape index (κ3) is 3.90. The smallest absolute Gasteiger partial charge is 0.331 e. The Morgan fingerprint density at radius 2 is 1.81 bits per heavy atom. The number of aromatic nitrogens is 3. The van der Waals surface area contributed by atoms with E-state index in [0.29, 0.717) is 23.6 Å². The maximum atomic E-state index is 13.2. The van der Waals surface area contributed by atoms with Gasteiger partial charge in [0.05, 0.1) is 18.7 Å².